The van der Waals surface area contributed by atoms with E-state index in [9.17, 15) is 4.79 Å². The molecule has 94 valence electrons. The van der Waals surface area contributed by atoms with Crippen LogP contribution in [0.5, 0.6) is 0 Å². The number of amides is 1. The Kier molecular flexibility index (Phi) is 4.10. The van der Waals surface area contributed by atoms with E-state index in [2.05, 4.69) is 10.3 Å². The number of thiazole rings is 1. The van der Waals surface area contributed by atoms with Crippen molar-refractivity contribution in [2.45, 2.75) is 26.8 Å². The van der Waals surface area contributed by atoms with Crippen molar-refractivity contribution in [1.82, 2.24) is 10.3 Å². The van der Waals surface area contributed by atoms with Crippen LogP contribution in [0.25, 0.3) is 0 Å². The SMILES string of the molecule is Cc1ccc(CC(=O)NCc2nc(C)cs2)cc1. The van der Waals surface area contributed by atoms with Crippen LogP contribution in [0, 0.1) is 13.8 Å². The molecule has 0 bridgehead atoms. The molecule has 0 unspecified atom stereocenters. The maximum absolute atomic E-state index is 11.7. The van der Waals surface area contributed by atoms with Gasteiger partial charge < -0.3 is 5.32 Å². The Morgan fingerprint density at radius 3 is 2.61 bits per heavy atom. The predicted molar refractivity (Wildman–Crippen MR) is 73.6 cm³/mol. The Balaban J connectivity index is 1.83. The zero-order chi connectivity index (χ0) is 13.0. The van der Waals surface area contributed by atoms with Crippen molar-refractivity contribution in [2.75, 3.05) is 0 Å². The summed E-state index contributed by atoms with van der Waals surface area (Å²) in [5, 5.41) is 5.82. The van der Waals surface area contributed by atoms with Crippen LogP contribution in [-0.2, 0) is 17.8 Å². The van der Waals surface area contributed by atoms with Gasteiger partial charge in [0.15, 0.2) is 0 Å². The molecule has 18 heavy (non-hydrogen) atoms. The molecule has 0 atom stereocenters. The van der Waals surface area contributed by atoms with Crippen LogP contribution in [0.3, 0.4) is 0 Å². The van der Waals surface area contributed by atoms with Gasteiger partial charge in [-0.25, -0.2) is 4.98 Å². The zero-order valence-corrected chi connectivity index (χ0v) is 11.4. The number of carbonyl (C=O) groups excluding carboxylic acids is 1. The second kappa shape index (κ2) is 5.78. The van der Waals surface area contributed by atoms with E-state index in [-0.39, 0.29) is 5.91 Å². The lowest BCUT2D eigenvalue weighted by Crippen LogP contribution is -2.24. The normalized spacial score (nSPS) is 10.3. The summed E-state index contributed by atoms with van der Waals surface area (Å²) in [7, 11) is 0. The number of hydrogen-bond donors (Lipinski definition) is 1. The number of aromatic nitrogens is 1. The molecule has 0 spiro atoms. The second-order valence-corrected chi connectivity index (χ2v) is 5.26. The monoisotopic (exact) mass is 260 g/mol. The van der Waals surface area contributed by atoms with Gasteiger partial charge in [-0.2, -0.15) is 0 Å². The molecule has 1 aromatic heterocycles. The molecule has 3 nitrogen and oxygen atoms in total. The van der Waals surface area contributed by atoms with Crippen LogP contribution in [0.1, 0.15) is 21.8 Å². The van der Waals surface area contributed by atoms with Crippen molar-refractivity contribution in [3.8, 4) is 0 Å². The summed E-state index contributed by atoms with van der Waals surface area (Å²) < 4.78 is 0. The molecule has 1 heterocycles. The highest BCUT2D eigenvalue weighted by Gasteiger charge is 2.04. The minimum absolute atomic E-state index is 0.0340. The molecule has 1 aromatic carbocycles. The van der Waals surface area contributed by atoms with Crippen molar-refractivity contribution in [3.63, 3.8) is 0 Å². The molecule has 2 aromatic rings. The summed E-state index contributed by atoms with van der Waals surface area (Å²) in [4.78, 5) is 16.0. The highest BCUT2D eigenvalue weighted by Crippen LogP contribution is 2.08. The maximum Gasteiger partial charge on any atom is 0.224 e. The van der Waals surface area contributed by atoms with Gasteiger partial charge in [0, 0.05) is 11.1 Å². The van der Waals surface area contributed by atoms with E-state index < -0.39 is 0 Å². The Morgan fingerprint density at radius 2 is 2.00 bits per heavy atom. The average Bonchev–Trinajstić information content (AvgIpc) is 2.76. The minimum atomic E-state index is 0.0340. The molecule has 1 N–H and O–H groups in total. The fourth-order valence-corrected chi connectivity index (χ4v) is 2.32. The Bertz CT molecular complexity index is 531. The zero-order valence-electron chi connectivity index (χ0n) is 10.6. The molecule has 0 saturated carbocycles. The van der Waals surface area contributed by atoms with Crippen LogP contribution >= 0.6 is 11.3 Å². The van der Waals surface area contributed by atoms with E-state index in [1.807, 2.05) is 43.5 Å². The van der Waals surface area contributed by atoms with E-state index in [4.69, 9.17) is 0 Å². The fraction of sp³-hybridized carbons (Fsp3) is 0.286. The Hall–Kier alpha value is -1.68. The largest absolute Gasteiger partial charge is 0.349 e. The highest BCUT2D eigenvalue weighted by atomic mass is 32.1. The minimum Gasteiger partial charge on any atom is -0.349 e. The van der Waals surface area contributed by atoms with Crippen LogP contribution in [0.15, 0.2) is 29.6 Å². The first kappa shape index (κ1) is 12.8. The summed E-state index contributed by atoms with van der Waals surface area (Å²) in [6.07, 6.45) is 0.421. The van der Waals surface area contributed by atoms with Gasteiger partial charge >= 0.3 is 0 Å². The predicted octanol–water partition coefficient (Wildman–Crippen LogP) is 2.62. The standard InChI is InChI=1S/C14H16N2OS/c1-10-3-5-12(6-4-10)7-13(17)15-8-14-16-11(2)9-18-14/h3-6,9H,7-8H2,1-2H3,(H,15,17). The fourth-order valence-electron chi connectivity index (χ4n) is 1.61. The van der Waals surface area contributed by atoms with E-state index >= 15 is 0 Å². The van der Waals surface area contributed by atoms with Gasteiger partial charge in [0.25, 0.3) is 0 Å². The summed E-state index contributed by atoms with van der Waals surface area (Å²) in [5.74, 6) is 0.0340. The van der Waals surface area contributed by atoms with Gasteiger partial charge in [0.1, 0.15) is 5.01 Å². The second-order valence-electron chi connectivity index (χ2n) is 4.32. The van der Waals surface area contributed by atoms with Crippen LogP contribution in [0.4, 0.5) is 0 Å². The number of nitrogens with one attached hydrogen (secondary N) is 1. The number of hydrogen-bond acceptors (Lipinski definition) is 3. The molecule has 0 saturated heterocycles. The third-order valence-electron chi connectivity index (χ3n) is 2.59. The topological polar surface area (TPSA) is 42.0 Å². The molecule has 0 aliphatic heterocycles. The number of carbonyl (C=O) groups is 1. The summed E-state index contributed by atoms with van der Waals surface area (Å²) in [5.41, 5.74) is 3.24. The van der Waals surface area contributed by atoms with Gasteiger partial charge in [-0.1, -0.05) is 29.8 Å². The number of rotatable bonds is 4. The van der Waals surface area contributed by atoms with E-state index in [1.165, 1.54) is 5.56 Å². The molecule has 1 amide bonds. The van der Waals surface area contributed by atoms with Crippen molar-refractivity contribution >= 4 is 17.2 Å². The van der Waals surface area contributed by atoms with Crippen molar-refractivity contribution in [3.05, 3.63) is 51.5 Å². The van der Waals surface area contributed by atoms with Gasteiger partial charge in [0.05, 0.1) is 13.0 Å². The van der Waals surface area contributed by atoms with Crippen LogP contribution in [-0.4, -0.2) is 10.9 Å². The molecule has 0 aliphatic carbocycles. The molecular formula is C14H16N2OS. The van der Waals surface area contributed by atoms with Crippen LogP contribution < -0.4 is 5.32 Å². The lowest BCUT2D eigenvalue weighted by Gasteiger charge is -2.03. The van der Waals surface area contributed by atoms with Gasteiger partial charge in [-0.15, -0.1) is 11.3 Å². The maximum atomic E-state index is 11.7. The molecule has 0 fully saturated rings. The number of aryl methyl sites for hydroxylation is 2. The van der Waals surface area contributed by atoms with Gasteiger partial charge in [0.2, 0.25) is 5.91 Å². The van der Waals surface area contributed by atoms with Crippen molar-refractivity contribution < 1.29 is 4.79 Å². The van der Waals surface area contributed by atoms with E-state index in [1.54, 1.807) is 11.3 Å². The molecule has 2 rings (SSSR count). The molecule has 0 radical (unpaired) electrons. The van der Waals surface area contributed by atoms with Gasteiger partial charge in [-0.05, 0) is 19.4 Å². The first-order valence-corrected chi connectivity index (χ1v) is 6.75. The van der Waals surface area contributed by atoms with Crippen LogP contribution in [0.2, 0.25) is 0 Å². The molecular weight excluding hydrogens is 244 g/mol. The quantitative estimate of drug-likeness (QED) is 0.918. The first-order chi connectivity index (χ1) is 8.63. The number of benzene rings is 1. The molecule has 4 heteroatoms. The van der Waals surface area contributed by atoms with Crippen molar-refractivity contribution in [1.29, 1.82) is 0 Å². The Labute approximate surface area is 111 Å². The first-order valence-electron chi connectivity index (χ1n) is 5.87. The van der Waals surface area contributed by atoms with Gasteiger partial charge in [-0.3, -0.25) is 4.79 Å². The number of nitrogens with zero attached hydrogens (tertiary/aromatic N) is 1. The van der Waals surface area contributed by atoms with E-state index in [0.717, 1.165) is 16.3 Å². The lowest BCUT2D eigenvalue weighted by atomic mass is 10.1. The lowest BCUT2D eigenvalue weighted by molar-refractivity contribution is -0.120. The third-order valence-corrected chi connectivity index (χ3v) is 3.56. The summed E-state index contributed by atoms with van der Waals surface area (Å²) in [6, 6.07) is 8.02. The smallest absolute Gasteiger partial charge is 0.224 e. The van der Waals surface area contributed by atoms with E-state index in [0.29, 0.717) is 13.0 Å². The summed E-state index contributed by atoms with van der Waals surface area (Å²) in [6.45, 7) is 4.51. The highest BCUT2D eigenvalue weighted by molar-refractivity contribution is 7.09. The molecule has 0 aliphatic rings. The van der Waals surface area contributed by atoms with Crippen molar-refractivity contribution in [2.24, 2.45) is 0 Å². The summed E-state index contributed by atoms with van der Waals surface area (Å²) >= 11 is 1.57. The average molecular weight is 260 g/mol. The Morgan fingerprint density at radius 1 is 1.28 bits per heavy atom. The third kappa shape index (κ3) is 3.67.